The Morgan fingerprint density at radius 3 is 1.50 bits per heavy atom. The van der Waals surface area contributed by atoms with Crippen LogP contribution in [0.4, 0.5) is 0 Å². The van der Waals surface area contributed by atoms with Crippen LogP contribution in [0.15, 0.2) is 72.9 Å². The van der Waals surface area contributed by atoms with Gasteiger partial charge in [0.05, 0.1) is 13.2 Å². The highest BCUT2D eigenvalue weighted by Gasteiger charge is 2.23. The van der Waals surface area contributed by atoms with Crippen molar-refractivity contribution < 1.29 is 37.9 Å². The second kappa shape index (κ2) is 42.1. The van der Waals surface area contributed by atoms with Gasteiger partial charge in [-0.1, -0.05) is 151 Å². The van der Waals surface area contributed by atoms with Crippen molar-refractivity contribution in [3.05, 3.63) is 72.9 Å². The summed E-state index contributed by atoms with van der Waals surface area (Å²) in [5, 5.41) is 12.7. The second-order valence-corrected chi connectivity index (χ2v) is 15.8. The molecule has 0 bridgehead atoms. The van der Waals surface area contributed by atoms with Crippen LogP contribution in [0.5, 0.6) is 0 Å². The third-order valence-electron chi connectivity index (χ3n) is 8.86. The standard InChI is InChI=1S/C46H80NO8P/c1-3-5-7-9-11-13-15-17-19-20-21-22-23-24-25-27-29-31-33-35-37-39-46(50)53-42-44(48)43-55-56(51,52)54-41-40-47-45(49)38-36-34-32-30-28-26-18-16-14-12-10-8-6-4-2/h10-13,16-19,21-22,24-25,44,48H,3-9,14-15,20,23,26-43H2,1-2H3,(H,47,49)(H,51,52)/b12-10-,13-11-,18-16-,19-17-,22-21-,25-24-. The molecule has 0 aliphatic carbocycles. The van der Waals surface area contributed by atoms with Crippen molar-refractivity contribution in [2.24, 2.45) is 0 Å². The van der Waals surface area contributed by atoms with Crippen molar-refractivity contribution >= 4 is 19.7 Å². The van der Waals surface area contributed by atoms with Gasteiger partial charge in [0, 0.05) is 19.4 Å². The number of ether oxygens (including phenoxy) is 1. The molecule has 9 nitrogen and oxygen atoms in total. The summed E-state index contributed by atoms with van der Waals surface area (Å²) in [5.41, 5.74) is 0. The van der Waals surface area contributed by atoms with Gasteiger partial charge in [-0.05, 0) is 83.5 Å². The van der Waals surface area contributed by atoms with E-state index >= 15 is 0 Å². The number of carbonyl (C=O) groups excluding carboxylic acids is 2. The normalized spacial score (nSPS) is 14.0. The van der Waals surface area contributed by atoms with E-state index in [1.807, 2.05) is 0 Å². The maximum absolute atomic E-state index is 12.1. The lowest BCUT2D eigenvalue weighted by Crippen LogP contribution is -2.27. The summed E-state index contributed by atoms with van der Waals surface area (Å²) in [7, 11) is -4.43. The van der Waals surface area contributed by atoms with Gasteiger partial charge in [0.15, 0.2) is 0 Å². The van der Waals surface area contributed by atoms with Crippen LogP contribution < -0.4 is 5.32 Å². The zero-order valence-electron chi connectivity index (χ0n) is 35.3. The Hall–Kier alpha value is -2.55. The number of phosphoric ester groups is 1. The molecule has 56 heavy (non-hydrogen) atoms. The molecule has 0 spiro atoms. The zero-order chi connectivity index (χ0) is 41.1. The lowest BCUT2D eigenvalue weighted by Gasteiger charge is -2.15. The number of allylic oxidation sites excluding steroid dienone is 12. The van der Waals surface area contributed by atoms with E-state index in [0.29, 0.717) is 12.8 Å². The molecule has 10 heteroatoms. The van der Waals surface area contributed by atoms with E-state index in [1.54, 1.807) is 0 Å². The Bertz CT molecular complexity index is 1150. The van der Waals surface area contributed by atoms with E-state index < -0.39 is 26.5 Å². The molecule has 322 valence electrons. The maximum atomic E-state index is 12.1. The highest BCUT2D eigenvalue weighted by molar-refractivity contribution is 7.47. The first-order valence-corrected chi connectivity index (χ1v) is 23.4. The third kappa shape index (κ3) is 42.6. The van der Waals surface area contributed by atoms with E-state index in [4.69, 9.17) is 13.8 Å². The van der Waals surface area contributed by atoms with Gasteiger partial charge in [0.25, 0.3) is 0 Å². The summed E-state index contributed by atoms with van der Waals surface area (Å²) in [6.45, 7) is 3.43. The van der Waals surface area contributed by atoms with Crippen molar-refractivity contribution in [3.8, 4) is 0 Å². The summed E-state index contributed by atoms with van der Waals surface area (Å²) >= 11 is 0. The molecule has 0 radical (unpaired) electrons. The lowest BCUT2D eigenvalue weighted by atomic mass is 10.1. The van der Waals surface area contributed by atoms with Crippen molar-refractivity contribution in [2.45, 2.75) is 180 Å². The van der Waals surface area contributed by atoms with Crippen LogP contribution in [0.1, 0.15) is 174 Å². The Balaban J connectivity index is 3.67. The van der Waals surface area contributed by atoms with E-state index in [1.165, 1.54) is 44.9 Å². The number of hydrogen-bond acceptors (Lipinski definition) is 7. The molecule has 3 N–H and O–H groups in total. The predicted molar refractivity (Wildman–Crippen MR) is 233 cm³/mol. The summed E-state index contributed by atoms with van der Waals surface area (Å²) in [4.78, 5) is 33.9. The molecule has 0 heterocycles. The number of aliphatic hydroxyl groups is 1. The molecule has 0 aliphatic heterocycles. The minimum Gasteiger partial charge on any atom is -0.463 e. The Labute approximate surface area is 341 Å². The van der Waals surface area contributed by atoms with E-state index in [-0.39, 0.29) is 32.1 Å². The number of unbranched alkanes of at least 4 members (excludes halogenated alkanes) is 15. The number of esters is 1. The first kappa shape index (κ1) is 53.5. The molecule has 0 saturated carbocycles. The summed E-state index contributed by atoms with van der Waals surface area (Å²) in [5.74, 6) is -0.554. The molecule has 0 aromatic heterocycles. The number of rotatable bonds is 40. The lowest BCUT2D eigenvalue weighted by molar-refractivity contribution is -0.147. The molecule has 0 fully saturated rings. The smallest absolute Gasteiger partial charge is 0.463 e. The Morgan fingerprint density at radius 1 is 0.554 bits per heavy atom. The van der Waals surface area contributed by atoms with Crippen molar-refractivity contribution in [3.63, 3.8) is 0 Å². The van der Waals surface area contributed by atoms with Crippen LogP contribution in [-0.2, 0) is 27.9 Å². The number of amides is 1. The number of carbonyl (C=O) groups is 2. The highest BCUT2D eigenvalue weighted by atomic mass is 31.2. The van der Waals surface area contributed by atoms with Crippen molar-refractivity contribution in [1.29, 1.82) is 0 Å². The highest BCUT2D eigenvalue weighted by Crippen LogP contribution is 2.42. The maximum Gasteiger partial charge on any atom is 0.472 e. The Kier molecular flexibility index (Phi) is 40.2. The topological polar surface area (TPSA) is 131 Å². The molecular formula is C46H80NO8P. The van der Waals surface area contributed by atoms with Gasteiger partial charge in [-0.25, -0.2) is 4.57 Å². The average molecular weight is 806 g/mol. The molecule has 0 saturated heterocycles. The first-order valence-electron chi connectivity index (χ1n) is 21.9. The largest absolute Gasteiger partial charge is 0.472 e. The minimum absolute atomic E-state index is 0.0679. The van der Waals surface area contributed by atoms with Crippen LogP contribution in [0.3, 0.4) is 0 Å². The molecule has 2 unspecified atom stereocenters. The van der Waals surface area contributed by atoms with Gasteiger partial charge in [0.2, 0.25) is 5.91 Å². The van der Waals surface area contributed by atoms with Gasteiger partial charge >= 0.3 is 13.8 Å². The van der Waals surface area contributed by atoms with Crippen LogP contribution in [0.25, 0.3) is 0 Å². The van der Waals surface area contributed by atoms with Crippen LogP contribution in [0.2, 0.25) is 0 Å². The van der Waals surface area contributed by atoms with Gasteiger partial charge in [-0.15, -0.1) is 0 Å². The van der Waals surface area contributed by atoms with E-state index in [2.05, 4.69) is 92.1 Å². The van der Waals surface area contributed by atoms with Gasteiger partial charge in [-0.2, -0.15) is 0 Å². The average Bonchev–Trinajstić information content (AvgIpc) is 3.18. The van der Waals surface area contributed by atoms with Gasteiger partial charge < -0.3 is 20.1 Å². The molecule has 2 atom stereocenters. The number of nitrogens with one attached hydrogen (secondary N) is 1. The second-order valence-electron chi connectivity index (χ2n) is 14.3. The summed E-state index contributed by atoms with van der Waals surface area (Å²) < 4.78 is 26.8. The van der Waals surface area contributed by atoms with Crippen LogP contribution in [0, 0.1) is 0 Å². The molecule has 0 rings (SSSR count). The van der Waals surface area contributed by atoms with E-state index in [9.17, 15) is 24.2 Å². The third-order valence-corrected chi connectivity index (χ3v) is 9.84. The molecule has 0 aromatic rings. The monoisotopic (exact) mass is 806 g/mol. The van der Waals surface area contributed by atoms with Crippen LogP contribution in [-0.4, -0.2) is 54.3 Å². The predicted octanol–water partition coefficient (Wildman–Crippen LogP) is 12.3. The zero-order valence-corrected chi connectivity index (χ0v) is 36.2. The van der Waals surface area contributed by atoms with Crippen LogP contribution >= 0.6 is 7.82 Å². The van der Waals surface area contributed by atoms with Gasteiger partial charge in [-0.3, -0.25) is 18.6 Å². The molecule has 0 aliphatic rings. The Morgan fingerprint density at radius 2 is 0.982 bits per heavy atom. The SMILES string of the molecule is CCCC/C=C\C/C=C\CCCCCCCC(=O)NCCOP(=O)(O)OCC(O)COC(=O)CCCCCCC/C=C\C/C=C\C/C=C\C/C=C\CCCCC. The van der Waals surface area contributed by atoms with Crippen molar-refractivity contribution in [2.75, 3.05) is 26.4 Å². The van der Waals surface area contributed by atoms with Gasteiger partial charge in [0.1, 0.15) is 12.7 Å². The molecule has 1 amide bonds. The quantitative estimate of drug-likeness (QED) is 0.0241. The fourth-order valence-electron chi connectivity index (χ4n) is 5.50. The van der Waals surface area contributed by atoms with E-state index in [0.717, 1.165) is 96.3 Å². The fraction of sp³-hybridized carbons (Fsp3) is 0.696. The number of aliphatic hydroxyl groups excluding tert-OH is 1. The van der Waals surface area contributed by atoms with Crippen molar-refractivity contribution in [1.82, 2.24) is 5.32 Å². The summed E-state index contributed by atoms with van der Waals surface area (Å²) in [6.07, 6.45) is 51.1. The fourth-order valence-corrected chi connectivity index (χ4v) is 6.25. The minimum atomic E-state index is -4.43. The first-order chi connectivity index (χ1) is 27.3. The molecule has 0 aromatic carbocycles. The number of phosphoric acid groups is 1. The summed E-state index contributed by atoms with van der Waals surface area (Å²) in [6, 6.07) is 0. The molecular weight excluding hydrogens is 725 g/mol. The number of hydrogen-bond donors (Lipinski definition) is 3.